The first-order valence-electron chi connectivity index (χ1n) is 14.7. The smallest absolute Gasteiger partial charge is 0.303 e. The summed E-state index contributed by atoms with van der Waals surface area (Å²) in [5, 5.41) is 53.7. The van der Waals surface area contributed by atoms with E-state index >= 15 is 0 Å². The van der Waals surface area contributed by atoms with Crippen molar-refractivity contribution in [1.29, 1.82) is 0 Å². The zero-order valence-corrected chi connectivity index (χ0v) is 23.6. The van der Waals surface area contributed by atoms with Crippen molar-refractivity contribution in [2.75, 3.05) is 13.2 Å². The van der Waals surface area contributed by atoms with Gasteiger partial charge in [-0.2, -0.15) is 0 Å². The number of aryl methyl sites for hydroxylation is 1. The lowest BCUT2D eigenvalue weighted by Gasteiger charge is -2.51. The fourth-order valence-corrected chi connectivity index (χ4v) is 7.96. The number of rotatable bonds is 9. The van der Waals surface area contributed by atoms with Crippen molar-refractivity contribution in [1.82, 2.24) is 5.32 Å². The van der Waals surface area contributed by atoms with E-state index in [0.29, 0.717) is 19.4 Å². The van der Waals surface area contributed by atoms with E-state index in [1.165, 1.54) is 18.1 Å². The molecule has 0 spiro atoms. The van der Waals surface area contributed by atoms with Gasteiger partial charge in [-0.05, 0) is 78.5 Å². The Bertz CT molecular complexity index is 1110. The molecule has 0 aromatic heterocycles. The SMILES string of the molecule is CC(=O)N[C@H]1[C@H](O[C@H]2C[C@H](O)[C@@]3(C)CC[C@@H]4c5ccc(OCCCC(=O)O)cc5CC[C@H]4[C@H]23)O[C@H](CO)[C@@H](O)[C@@H]1O. The first-order chi connectivity index (χ1) is 19.5. The summed E-state index contributed by atoms with van der Waals surface area (Å²) in [7, 11) is 0. The Hall–Kier alpha value is -2.28. The molecule has 1 aromatic rings. The Kier molecular flexibility index (Phi) is 8.94. The number of aliphatic carboxylic acids is 1. The molecule has 4 aliphatic rings. The highest BCUT2D eigenvalue weighted by Crippen LogP contribution is 2.61. The fourth-order valence-electron chi connectivity index (χ4n) is 7.96. The van der Waals surface area contributed by atoms with Crippen LogP contribution < -0.4 is 10.1 Å². The molecular formula is C30H43NO10. The van der Waals surface area contributed by atoms with Crippen LogP contribution in [0.25, 0.3) is 0 Å². The number of carboxylic acid groups (broad SMARTS) is 1. The Morgan fingerprint density at radius 1 is 1.17 bits per heavy atom. The minimum absolute atomic E-state index is 0.00510. The highest BCUT2D eigenvalue weighted by molar-refractivity contribution is 5.73. The van der Waals surface area contributed by atoms with Crippen LogP contribution in [0.1, 0.15) is 69.4 Å². The van der Waals surface area contributed by atoms with Gasteiger partial charge in [0, 0.05) is 19.8 Å². The van der Waals surface area contributed by atoms with Gasteiger partial charge >= 0.3 is 5.97 Å². The van der Waals surface area contributed by atoms with Crippen molar-refractivity contribution in [3.8, 4) is 5.75 Å². The summed E-state index contributed by atoms with van der Waals surface area (Å²) in [5.74, 6) is -0.0127. The van der Waals surface area contributed by atoms with Crippen LogP contribution in [0.2, 0.25) is 0 Å². The molecule has 6 N–H and O–H groups in total. The number of hydrogen-bond acceptors (Lipinski definition) is 9. The van der Waals surface area contributed by atoms with Gasteiger partial charge in [-0.3, -0.25) is 9.59 Å². The zero-order chi connectivity index (χ0) is 29.5. The second kappa shape index (κ2) is 12.1. The third-order valence-corrected chi connectivity index (χ3v) is 9.98. The van der Waals surface area contributed by atoms with E-state index < -0.39 is 61.3 Å². The maximum atomic E-state index is 11.9. The first kappa shape index (κ1) is 30.2. The molecule has 1 aromatic carbocycles. The number of carboxylic acids is 1. The third kappa shape index (κ3) is 5.85. The van der Waals surface area contributed by atoms with E-state index in [2.05, 4.69) is 24.4 Å². The lowest BCUT2D eigenvalue weighted by Crippen LogP contribution is -2.65. The van der Waals surface area contributed by atoms with Gasteiger partial charge in [0.2, 0.25) is 5.91 Å². The molecule has 3 fully saturated rings. The number of aliphatic hydroxyl groups is 4. The fraction of sp³-hybridized carbons (Fsp3) is 0.733. The van der Waals surface area contributed by atoms with E-state index in [4.69, 9.17) is 19.3 Å². The minimum atomic E-state index is -1.39. The van der Waals surface area contributed by atoms with Crippen LogP contribution in [0.5, 0.6) is 5.75 Å². The maximum Gasteiger partial charge on any atom is 0.303 e. The van der Waals surface area contributed by atoms with E-state index in [-0.39, 0.29) is 29.6 Å². The van der Waals surface area contributed by atoms with E-state index in [1.54, 1.807) is 0 Å². The standard InChI is InChI=1S/C30H43NO10/c1-15(33)31-26-28(38)27(37)22(14-32)41-29(26)40-21-13-23(34)30(2)10-9-19-18-8-6-17(39-11-3-4-24(35)36)12-16(18)5-7-20(19)25(21)30/h6,8,12,19-23,25-29,32,34,37-38H,3-5,7,9-11,13-14H2,1-2H3,(H,31,33)(H,35,36)/t19-,20-,21+,22-,23+,25-,26-,27-,28-,29-,30-/m1/s1. The van der Waals surface area contributed by atoms with Crippen LogP contribution in [-0.2, 0) is 25.5 Å². The van der Waals surface area contributed by atoms with Crippen LogP contribution in [0.4, 0.5) is 0 Å². The predicted octanol–water partition coefficient (Wildman–Crippen LogP) is 1.09. The molecular weight excluding hydrogens is 534 g/mol. The Morgan fingerprint density at radius 3 is 2.66 bits per heavy atom. The van der Waals surface area contributed by atoms with Crippen LogP contribution in [0, 0.1) is 17.3 Å². The predicted molar refractivity (Wildman–Crippen MR) is 145 cm³/mol. The Morgan fingerprint density at radius 2 is 1.95 bits per heavy atom. The number of fused-ring (bicyclic) bond motifs is 5. The molecule has 1 saturated heterocycles. The van der Waals surface area contributed by atoms with Gasteiger partial charge in [-0.1, -0.05) is 13.0 Å². The summed E-state index contributed by atoms with van der Waals surface area (Å²) in [6, 6.07) is 5.09. The summed E-state index contributed by atoms with van der Waals surface area (Å²) in [6.45, 7) is 3.25. The maximum absolute atomic E-state index is 11.9. The molecule has 0 radical (unpaired) electrons. The molecule has 5 rings (SSSR count). The van der Waals surface area contributed by atoms with Crippen LogP contribution >= 0.6 is 0 Å². The second-order valence-corrected chi connectivity index (χ2v) is 12.4. The molecule has 11 atom stereocenters. The molecule has 2 saturated carbocycles. The number of aliphatic hydroxyl groups excluding tert-OH is 4. The summed E-state index contributed by atoms with van der Waals surface area (Å²) < 4.78 is 18.2. The van der Waals surface area contributed by atoms with Crippen molar-refractivity contribution in [2.24, 2.45) is 17.3 Å². The molecule has 41 heavy (non-hydrogen) atoms. The third-order valence-electron chi connectivity index (χ3n) is 9.98. The van der Waals surface area contributed by atoms with Gasteiger partial charge in [0.1, 0.15) is 30.1 Å². The van der Waals surface area contributed by atoms with E-state index in [9.17, 15) is 30.0 Å². The van der Waals surface area contributed by atoms with Crippen molar-refractivity contribution < 1.29 is 49.3 Å². The lowest BCUT2D eigenvalue weighted by molar-refractivity contribution is -0.288. The normalized spacial score (nSPS) is 39.8. The van der Waals surface area contributed by atoms with Gasteiger partial charge < -0.3 is 45.1 Å². The van der Waals surface area contributed by atoms with Crippen LogP contribution in [-0.4, -0.2) is 93.5 Å². The highest BCUT2D eigenvalue weighted by atomic mass is 16.7. The summed E-state index contributed by atoms with van der Waals surface area (Å²) >= 11 is 0. The molecule has 228 valence electrons. The van der Waals surface area contributed by atoms with Gasteiger partial charge in [0.25, 0.3) is 0 Å². The number of amides is 1. The number of benzene rings is 1. The monoisotopic (exact) mass is 577 g/mol. The van der Waals surface area contributed by atoms with Crippen molar-refractivity contribution >= 4 is 11.9 Å². The average molecular weight is 578 g/mol. The van der Waals surface area contributed by atoms with Crippen LogP contribution in [0.15, 0.2) is 18.2 Å². The number of hydrogen-bond donors (Lipinski definition) is 6. The van der Waals surface area contributed by atoms with Crippen molar-refractivity contribution in [3.05, 3.63) is 29.3 Å². The lowest BCUT2D eigenvalue weighted by atomic mass is 9.55. The average Bonchev–Trinajstić information content (AvgIpc) is 3.19. The van der Waals surface area contributed by atoms with E-state index in [1.807, 2.05) is 6.07 Å². The van der Waals surface area contributed by atoms with Crippen molar-refractivity contribution in [2.45, 2.75) is 108 Å². The highest BCUT2D eigenvalue weighted by Gasteiger charge is 2.60. The summed E-state index contributed by atoms with van der Waals surface area (Å²) in [5.41, 5.74) is 2.12. The quantitative estimate of drug-likeness (QED) is 0.233. The molecule has 3 aliphatic carbocycles. The van der Waals surface area contributed by atoms with Gasteiger partial charge in [0.15, 0.2) is 6.29 Å². The molecule has 0 bridgehead atoms. The zero-order valence-electron chi connectivity index (χ0n) is 23.6. The molecule has 1 aliphatic heterocycles. The Balaban J connectivity index is 1.35. The van der Waals surface area contributed by atoms with Gasteiger partial charge in [-0.25, -0.2) is 0 Å². The van der Waals surface area contributed by atoms with Gasteiger partial charge in [-0.15, -0.1) is 0 Å². The summed E-state index contributed by atoms with van der Waals surface area (Å²) in [4.78, 5) is 22.7. The van der Waals surface area contributed by atoms with Gasteiger partial charge in [0.05, 0.1) is 25.4 Å². The number of ether oxygens (including phenoxy) is 3. The largest absolute Gasteiger partial charge is 0.494 e. The Labute approximate surface area is 239 Å². The van der Waals surface area contributed by atoms with Crippen LogP contribution in [0.3, 0.4) is 0 Å². The number of carbonyl (C=O) groups is 2. The molecule has 1 amide bonds. The first-order valence-corrected chi connectivity index (χ1v) is 14.7. The minimum Gasteiger partial charge on any atom is -0.494 e. The number of carbonyl (C=O) groups excluding carboxylic acids is 1. The molecule has 11 nitrogen and oxygen atoms in total. The second-order valence-electron chi connectivity index (χ2n) is 12.4. The molecule has 0 unspecified atom stereocenters. The number of nitrogens with one attached hydrogen (secondary N) is 1. The topological polar surface area (TPSA) is 175 Å². The summed E-state index contributed by atoms with van der Waals surface area (Å²) in [6.07, 6.45) is -1.58. The molecule has 11 heteroatoms. The van der Waals surface area contributed by atoms with E-state index in [0.717, 1.165) is 31.4 Å². The van der Waals surface area contributed by atoms with Crippen molar-refractivity contribution in [3.63, 3.8) is 0 Å². The molecule has 1 heterocycles.